The predicted molar refractivity (Wildman–Crippen MR) is 58.7 cm³/mol. The standard InChI is InChI=1S/C12H17NO/c1-10-5-7-11(8-6-10)12(14)4-3-9-13-2/h5-8,13H,3-4,9H2,1-2H3. The summed E-state index contributed by atoms with van der Waals surface area (Å²) in [6, 6.07) is 7.75. The summed E-state index contributed by atoms with van der Waals surface area (Å²) in [6.45, 7) is 2.92. The van der Waals surface area contributed by atoms with Gasteiger partial charge in [-0.2, -0.15) is 0 Å². The lowest BCUT2D eigenvalue weighted by atomic mass is 10.1. The zero-order chi connectivity index (χ0) is 10.4. The quantitative estimate of drug-likeness (QED) is 0.571. The average Bonchev–Trinajstić information content (AvgIpc) is 2.19. The number of nitrogens with one attached hydrogen (secondary N) is 1. The molecule has 0 unspecified atom stereocenters. The largest absolute Gasteiger partial charge is 0.320 e. The van der Waals surface area contributed by atoms with E-state index in [1.807, 2.05) is 38.2 Å². The molecule has 0 saturated heterocycles. The monoisotopic (exact) mass is 191 g/mol. The smallest absolute Gasteiger partial charge is 0.162 e. The van der Waals surface area contributed by atoms with E-state index in [1.165, 1.54) is 5.56 Å². The molecule has 1 N–H and O–H groups in total. The minimum absolute atomic E-state index is 0.236. The van der Waals surface area contributed by atoms with Crippen molar-refractivity contribution in [2.45, 2.75) is 19.8 Å². The van der Waals surface area contributed by atoms with Gasteiger partial charge in [0.1, 0.15) is 0 Å². The molecule has 0 aliphatic carbocycles. The third-order valence-electron chi connectivity index (χ3n) is 2.20. The fraction of sp³-hybridized carbons (Fsp3) is 0.417. The Bertz CT molecular complexity index is 290. The van der Waals surface area contributed by atoms with E-state index in [9.17, 15) is 4.79 Å². The van der Waals surface area contributed by atoms with Crippen LogP contribution in [-0.2, 0) is 0 Å². The summed E-state index contributed by atoms with van der Waals surface area (Å²) < 4.78 is 0. The van der Waals surface area contributed by atoms with E-state index in [1.54, 1.807) is 0 Å². The van der Waals surface area contributed by atoms with E-state index in [-0.39, 0.29) is 5.78 Å². The number of carbonyl (C=O) groups is 1. The number of hydrogen-bond donors (Lipinski definition) is 1. The van der Waals surface area contributed by atoms with E-state index in [2.05, 4.69) is 5.32 Å². The maximum atomic E-state index is 11.6. The Hall–Kier alpha value is -1.15. The molecule has 0 saturated carbocycles. The molecule has 76 valence electrons. The molecule has 0 bridgehead atoms. The summed E-state index contributed by atoms with van der Waals surface area (Å²) in [5.41, 5.74) is 2.02. The number of carbonyl (C=O) groups excluding carboxylic acids is 1. The highest BCUT2D eigenvalue weighted by molar-refractivity contribution is 5.96. The van der Waals surface area contributed by atoms with Gasteiger partial charge in [0.05, 0.1) is 0 Å². The lowest BCUT2D eigenvalue weighted by Crippen LogP contribution is -2.10. The van der Waals surface area contributed by atoms with E-state index >= 15 is 0 Å². The number of rotatable bonds is 5. The van der Waals surface area contributed by atoms with Crippen LogP contribution >= 0.6 is 0 Å². The van der Waals surface area contributed by atoms with Crippen molar-refractivity contribution in [3.05, 3.63) is 35.4 Å². The van der Waals surface area contributed by atoms with Gasteiger partial charge in [0.25, 0.3) is 0 Å². The Morgan fingerprint density at radius 2 is 1.93 bits per heavy atom. The van der Waals surface area contributed by atoms with Crippen LogP contribution in [0.3, 0.4) is 0 Å². The summed E-state index contributed by atoms with van der Waals surface area (Å²) in [4.78, 5) is 11.6. The van der Waals surface area contributed by atoms with Crippen molar-refractivity contribution in [3.63, 3.8) is 0 Å². The first-order valence-corrected chi connectivity index (χ1v) is 4.98. The molecule has 0 aromatic heterocycles. The van der Waals surface area contributed by atoms with Crippen LogP contribution in [0.2, 0.25) is 0 Å². The zero-order valence-electron chi connectivity index (χ0n) is 8.84. The van der Waals surface area contributed by atoms with Crippen molar-refractivity contribution in [3.8, 4) is 0 Å². The zero-order valence-corrected chi connectivity index (χ0v) is 8.84. The highest BCUT2D eigenvalue weighted by atomic mass is 16.1. The molecule has 0 atom stereocenters. The summed E-state index contributed by atoms with van der Waals surface area (Å²) >= 11 is 0. The van der Waals surface area contributed by atoms with Crippen molar-refractivity contribution in [1.29, 1.82) is 0 Å². The molecule has 0 radical (unpaired) electrons. The Morgan fingerprint density at radius 3 is 2.50 bits per heavy atom. The van der Waals surface area contributed by atoms with Crippen molar-refractivity contribution >= 4 is 5.78 Å². The Balaban J connectivity index is 2.48. The second-order valence-corrected chi connectivity index (χ2v) is 3.50. The molecule has 0 aliphatic heterocycles. The molecular formula is C12H17NO. The molecule has 1 rings (SSSR count). The predicted octanol–water partition coefficient (Wildman–Crippen LogP) is 2.18. The number of benzene rings is 1. The van der Waals surface area contributed by atoms with E-state index in [0.29, 0.717) is 6.42 Å². The van der Waals surface area contributed by atoms with Gasteiger partial charge >= 0.3 is 0 Å². The fourth-order valence-corrected chi connectivity index (χ4v) is 1.31. The molecule has 0 amide bonds. The Labute approximate surface area is 85.3 Å². The minimum atomic E-state index is 0.236. The molecule has 0 aliphatic rings. The molecule has 14 heavy (non-hydrogen) atoms. The van der Waals surface area contributed by atoms with Gasteiger partial charge in [-0.1, -0.05) is 29.8 Å². The van der Waals surface area contributed by atoms with Crippen LogP contribution < -0.4 is 5.32 Å². The number of aryl methyl sites for hydroxylation is 1. The van der Waals surface area contributed by atoms with Crippen LogP contribution in [0.25, 0.3) is 0 Å². The second-order valence-electron chi connectivity index (χ2n) is 3.50. The fourth-order valence-electron chi connectivity index (χ4n) is 1.31. The second kappa shape index (κ2) is 5.55. The Morgan fingerprint density at radius 1 is 1.29 bits per heavy atom. The van der Waals surface area contributed by atoms with E-state index in [0.717, 1.165) is 18.5 Å². The topological polar surface area (TPSA) is 29.1 Å². The maximum Gasteiger partial charge on any atom is 0.162 e. The van der Waals surface area contributed by atoms with E-state index < -0.39 is 0 Å². The van der Waals surface area contributed by atoms with Gasteiger partial charge in [0, 0.05) is 12.0 Å². The number of ketones is 1. The first-order chi connectivity index (χ1) is 6.74. The molecule has 1 aromatic carbocycles. The lowest BCUT2D eigenvalue weighted by molar-refractivity contribution is 0.0980. The van der Waals surface area contributed by atoms with Gasteiger partial charge in [0.15, 0.2) is 5.78 Å². The molecule has 2 nitrogen and oxygen atoms in total. The van der Waals surface area contributed by atoms with Crippen LogP contribution in [0.15, 0.2) is 24.3 Å². The first kappa shape index (κ1) is 10.9. The maximum absolute atomic E-state index is 11.6. The highest BCUT2D eigenvalue weighted by Gasteiger charge is 2.03. The van der Waals surface area contributed by atoms with Crippen LogP contribution in [0.4, 0.5) is 0 Å². The third-order valence-corrected chi connectivity index (χ3v) is 2.20. The molecular weight excluding hydrogens is 174 g/mol. The van der Waals surface area contributed by atoms with Gasteiger partial charge in [-0.15, -0.1) is 0 Å². The van der Waals surface area contributed by atoms with Crippen molar-refractivity contribution < 1.29 is 4.79 Å². The van der Waals surface area contributed by atoms with Gasteiger partial charge in [-0.3, -0.25) is 4.79 Å². The van der Waals surface area contributed by atoms with Crippen LogP contribution in [0.5, 0.6) is 0 Å². The van der Waals surface area contributed by atoms with E-state index in [4.69, 9.17) is 0 Å². The number of hydrogen-bond acceptors (Lipinski definition) is 2. The normalized spacial score (nSPS) is 10.1. The molecule has 0 spiro atoms. The van der Waals surface area contributed by atoms with Gasteiger partial charge < -0.3 is 5.32 Å². The van der Waals surface area contributed by atoms with Crippen molar-refractivity contribution in [1.82, 2.24) is 5.32 Å². The first-order valence-electron chi connectivity index (χ1n) is 4.98. The van der Waals surface area contributed by atoms with Crippen molar-refractivity contribution in [2.24, 2.45) is 0 Å². The summed E-state index contributed by atoms with van der Waals surface area (Å²) in [7, 11) is 1.90. The minimum Gasteiger partial charge on any atom is -0.320 e. The SMILES string of the molecule is CNCCCC(=O)c1ccc(C)cc1. The van der Waals surface area contributed by atoms with Crippen LogP contribution in [0.1, 0.15) is 28.8 Å². The summed E-state index contributed by atoms with van der Waals surface area (Å²) in [6.07, 6.45) is 1.53. The molecule has 1 aromatic rings. The molecule has 0 heterocycles. The third kappa shape index (κ3) is 3.30. The summed E-state index contributed by atoms with van der Waals surface area (Å²) in [5.74, 6) is 0.236. The number of Topliss-reactive ketones (excluding diaryl/α,β-unsaturated/α-hetero) is 1. The lowest BCUT2D eigenvalue weighted by Gasteiger charge is -2.01. The molecule has 0 fully saturated rings. The van der Waals surface area contributed by atoms with Gasteiger partial charge in [-0.25, -0.2) is 0 Å². The van der Waals surface area contributed by atoms with Gasteiger partial charge in [0.2, 0.25) is 0 Å². The Kier molecular flexibility index (Phi) is 4.33. The molecule has 2 heteroatoms. The summed E-state index contributed by atoms with van der Waals surface area (Å²) in [5, 5.41) is 3.03. The van der Waals surface area contributed by atoms with Gasteiger partial charge in [-0.05, 0) is 26.9 Å². The average molecular weight is 191 g/mol. The van der Waals surface area contributed by atoms with Crippen molar-refractivity contribution in [2.75, 3.05) is 13.6 Å². The highest BCUT2D eigenvalue weighted by Crippen LogP contribution is 2.07. The van der Waals surface area contributed by atoms with Crippen LogP contribution in [0, 0.1) is 6.92 Å². The van der Waals surface area contributed by atoms with Crippen LogP contribution in [-0.4, -0.2) is 19.4 Å².